The molecule has 0 radical (unpaired) electrons. The van der Waals surface area contributed by atoms with E-state index in [-0.39, 0.29) is 31.0 Å². The van der Waals surface area contributed by atoms with E-state index in [1.165, 1.54) is 0 Å². The van der Waals surface area contributed by atoms with Crippen molar-refractivity contribution in [1.29, 1.82) is 0 Å². The van der Waals surface area contributed by atoms with Crippen LogP contribution in [0.15, 0.2) is 48.5 Å². The summed E-state index contributed by atoms with van der Waals surface area (Å²) >= 11 is 0. The minimum absolute atomic E-state index is 0.0851. The van der Waals surface area contributed by atoms with Gasteiger partial charge in [-0.25, -0.2) is 0 Å². The number of aryl methyl sites for hydroxylation is 2. The summed E-state index contributed by atoms with van der Waals surface area (Å²) in [5.41, 5.74) is 3.29. The fourth-order valence-corrected chi connectivity index (χ4v) is 2.72. The molecule has 0 aromatic heterocycles. The molecule has 0 saturated carbocycles. The lowest BCUT2D eigenvalue weighted by atomic mass is 10.1. The third-order valence-corrected chi connectivity index (χ3v) is 4.34. The molecule has 0 saturated heterocycles. The van der Waals surface area contributed by atoms with Crippen LogP contribution in [-0.4, -0.2) is 37.0 Å². The summed E-state index contributed by atoms with van der Waals surface area (Å²) in [6.07, 6.45) is 0. The predicted molar refractivity (Wildman–Crippen MR) is 108 cm³/mol. The van der Waals surface area contributed by atoms with Crippen LogP contribution >= 0.6 is 0 Å². The molecule has 0 bridgehead atoms. The second-order valence-corrected chi connectivity index (χ2v) is 6.84. The number of esters is 1. The molecule has 0 aliphatic rings. The first-order chi connectivity index (χ1) is 13.3. The molecule has 1 N–H and O–H groups in total. The lowest BCUT2D eigenvalue weighted by Crippen LogP contribution is -2.40. The van der Waals surface area contributed by atoms with Crippen molar-refractivity contribution in [2.75, 3.05) is 18.1 Å². The van der Waals surface area contributed by atoms with Crippen LogP contribution in [-0.2, 0) is 14.3 Å². The van der Waals surface area contributed by atoms with Crippen molar-refractivity contribution < 1.29 is 19.1 Å². The molecule has 2 rings (SSSR count). The number of benzene rings is 2. The average molecular weight is 382 g/mol. The number of amides is 2. The van der Waals surface area contributed by atoms with E-state index in [1.807, 2.05) is 64.1 Å². The average Bonchev–Trinajstić information content (AvgIpc) is 2.67. The van der Waals surface area contributed by atoms with Crippen molar-refractivity contribution in [3.8, 4) is 0 Å². The highest BCUT2D eigenvalue weighted by Gasteiger charge is 2.20. The van der Waals surface area contributed by atoms with Crippen molar-refractivity contribution in [2.24, 2.45) is 0 Å². The van der Waals surface area contributed by atoms with E-state index in [9.17, 15) is 14.4 Å². The summed E-state index contributed by atoms with van der Waals surface area (Å²) in [4.78, 5) is 38.1. The van der Waals surface area contributed by atoms with Crippen molar-refractivity contribution in [1.82, 2.24) is 5.32 Å². The topological polar surface area (TPSA) is 75.7 Å². The van der Waals surface area contributed by atoms with Gasteiger partial charge in [0.15, 0.2) is 6.61 Å². The van der Waals surface area contributed by atoms with Gasteiger partial charge < -0.3 is 15.0 Å². The first kappa shape index (κ1) is 21.2. The van der Waals surface area contributed by atoms with E-state index < -0.39 is 5.97 Å². The highest BCUT2D eigenvalue weighted by Crippen LogP contribution is 2.16. The van der Waals surface area contributed by atoms with Gasteiger partial charge in [0.05, 0.1) is 0 Å². The smallest absolute Gasteiger partial charge is 0.325 e. The van der Waals surface area contributed by atoms with Crippen molar-refractivity contribution in [3.05, 3.63) is 65.2 Å². The summed E-state index contributed by atoms with van der Waals surface area (Å²) in [6.45, 7) is 6.96. The number of hydrogen-bond acceptors (Lipinski definition) is 4. The number of ether oxygens (including phenoxy) is 1. The van der Waals surface area contributed by atoms with Gasteiger partial charge in [-0.1, -0.05) is 24.3 Å². The van der Waals surface area contributed by atoms with Gasteiger partial charge in [-0.3, -0.25) is 14.4 Å². The van der Waals surface area contributed by atoms with Crippen molar-refractivity contribution in [3.63, 3.8) is 0 Å². The van der Waals surface area contributed by atoms with E-state index in [1.54, 1.807) is 17.0 Å². The Labute approximate surface area is 165 Å². The zero-order valence-corrected chi connectivity index (χ0v) is 16.7. The number of anilines is 1. The Morgan fingerprint density at radius 1 is 1.00 bits per heavy atom. The molecule has 2 amide bonds. The largest absolute Gasteiger partial charge is 0.454 e. The molecule has 0 spiro atoms. The van der Waals surface area contributed by atoms with E-state index >= 15 is 0 Å². The normalized spacial score (nSPS) is 10.5. The summed E-state index contributed by atoms with van der Waals surface area (Å²) in [5, 5.41) is 2.51. The van der Waals surface area contributed by atoms with E-state index in [0.717, 1.165) is 16.8 Å². The third-order valence-electron chi connectivity index (χ3n) is 4.34. The van der Waals surface area contributed by atoms with Crippen molar-refractivity contribution in [2.45, 2.75) is 33.7 Å². The molecule has 0 fully saturated rings. The summed E-state index contributed by atoms with van der Waals surface area (Å²) in [6, 6.07) is 14.4. The Morgan fingerprint density at radius 2 is 1.68 bits per heavy atom. The second kappa shape index (κ2) is 9.69. The molecule has 148 valence electrons. The standard InChI is InChI=1S/C22H26N2O4/c1-15(2)24(19-8-6-5-7-9-19)20(25)14-28-21(26)13-23-22(27)18-11-10-16(3)17(4)12-18/h5-12,15H,13-14H2,1-4H3,(H,23,27). The first-order valence-electron chi connectivity index (χ1n) is 9.17. The lowest BCUT2D eigenvalue weighted by Gasteiger charge is -2.26. The van der Waals surface area contributed by atoms with Crippen LogP contribution in [0, 0.1) is 13.8 Å². The highest BCUT2D eigenvalue weighted by molar-refractivity contribution is 5.97. The number of nitrogens with one attached hydrogen (secondary N) is 1. The summed E-state index contributed by atoms with van der Waals surface area (Å²) < 4.78 is 5.04. The van der Waals surface area contributed by atoms with E-state index in [2.05, 4.69) is 5.32 Å². The number of rotatable bonds is 7. The minimum atomic E-state index is -0.665. The minimum Gasteiger partial charge on any atom is -0.454 e. The fraction of sp³-hybridized carbons (Fsp3) is 0.318. The van der Waals surface area contributed by atoms with Gasteiger partial charge in [-0.2, -0.15) is 0 Å². The van der Waals surface area contributed by atoms with Crippen LogP contribution in [0.3, 0.4) is 0 Å². The first-order valence-corrected chi connectivity index (χ1v) is 9.17. The Hall–Kier alpha value is -3.15. The van der Waals surface area contributed by atoms with Gasteiger partial charge >= 0.3 is 5.97 Å². The zero-order chi connectivity index (χ0) is 20.7. The number of carbonyl (C=O) groups is 3. The Morgan fingerprint density at radius 3 is 2.29 bits per heavy atom. The summed E-state index contributed by atoms with van der Waals surface area (Å²) in [7, 11) is 0. The molecular formula is C22H26N2O4. The predicted octanol–water partition coefficient (Wildman–Crippen LogP) is 3.02. The maximum absolute atomic E-state index is 12.5. The van der Waals surface area contributed by atoms with Gasteiger partial charge in [-0.15, -0.1) is 0 Å². The fourth-order valence-electron chi connectivity index (χ4n) is 2.72. The van der Waals surface area contributed by atoms with Crippen LogP contribution in [0.2, 0.25) is 0 Å². The SMILES string of the molecule is Cc1ccc(C(=O)NCC(=O)OCC(=O)N(c2ccccc2)C(C)C)cc1C. The molecule has 0 aliphatic carbocycles. The van der Waals surface area contributed by atoms with Gasteiger partial charge in [0.2, 0.25) is 0 Å². The van der Waals surface area contributed by atoms with Crippen LogP contribution in [0.25, 0.3) is 0 Å². The molecular weight excluding hydrogens is 356 g/mol. The van der Waals surface area contributed by atoms with Gasteiger partial charge in [0.1, 0.15) is 6.54 Å². The van der Waals surface area contributed by atoms with Crippen LogP contribution in [0.1, 0.15) is 35.3 Å². The van der Waals surface area contributed by atoms with Crippen LogP contribution < -0.4 is 10.2 Å². The Kier molecular flexibility index (Phi) is 7.32. The van der Waals surface area contributed by atoms with E-state index in [0.29, 0.717) is 5.56 Å². The van der Waals surface area contributed by atoms with Gasteiger partial charge in [-0.05, 0) is 63.1 Å². The molecule has 0 unspecified atom stereocenters. The molecule has 2 aromatic carbocycles. The maximum atomic E-state index is 12.5. The quantitative estimate of drug-likeness (QED) is 0.747. The molecule has 0 aliphatic heterocycles. The molecule has 6 nitrogen and oxygen atoms in total. The lowest BCUT2D eigenvalue weighted by molar-refractivity contribution is -0.146. The van der Waals surface area contributed by atoms with Gasteiger partial charge in [0.25, 0.3) is 11.8 Å². The maximum Gasteiger partial charge on any atom is 0.325 e. The van der Waals surface area contributed by atoms with E-state index in [4.69, 9.17) is 4.74 Å². The Balaban J connectivity index is 1.86. The molecule has 28 heavy (non-hydrogen) atoms. The monoisotopic (exact) mass is 382 g/mol. The zero-order valence-electron chi connectivity index (χ0n) is 16.7. The van der Waals surface area contributed by atoms with Crippen LogP contribution in [0.4, 0.5) is 5.69 Å². The van der Waals surface area contributed by atoms with Gasteiger partial charge in [0, 0.05) is 17.3 Å². The third kappa shape index (κ3) is 5.67. The summed E-state index contributed by atoms with van der Waals surface area (Å²) in [5.74, 6) is -1.35. The molecule has 0 heterocycles. The van der Waals surface area contributed by atoms with Crippen LogP contribution in [0.5, 0.6) is 0 Å². The highest BCUT2D eigenvalue weighted by atomic mass is 16.5. The number of hydrogen-bond donors (Lipinski definition) is 1. The number of nitrogens with zero attached hydrogens (tertiary/aromatic N) is 1. The second-order valence-electron chi connectivity index (χ2n) is 6.84. The molecule has 2 aromatic rings. The Bertz CT molecular complexity index is 847. The molecule has 6 heteroatoms. The number of carbonyl (C=O) groups excluding carboxylic acids is 3. The molecule has 0 atom stereocenters. The number of para-hydroxylation sites is 1. The van der Waals surface area contributed by atoms with Crippen molar-refractivity contribution >= 4 is 23.5 Å².